The van der Waals surface area contributed by atoms with Crippen LogP contribution in [0.5, 0.6) is 0 Å². The maximum atomic E-state index is 13.3. The number of hydrogen-bond acceptors (Lipinski definition) is 3. The number of nitrogens with zero attached hydrogens (tertiary/aromatic N) is 2. The lowest BCUT2D eigenvalue weighted by molar-refractivity contribution is 0.507. The van der Waals surface area contributed by atoms with Gasteiger partial charge in [-0.05, 0) is 24.6 Å². The molecular formula is C18H24ClFN4S. The Bertz CT molecular complexity index is 742. The fraction of sp³-hybridized carbons (Fsp3) is 0.444. The summed E-state index contributed by atoms with van der Waals surface area (Å²) in [6.45, 7) is 7.49. The molecule has 0 spiro atoms. The lowest BCUT2D eigenvalue weighted by atomic mass is 9.84. The molecule has 0 atom stereocenters. The quantitative estimate of drug-likeness (QED) is 0.588. The van der Waals surface area contributed by atoms with Gasteiger partial charge in [0.05, 0.1) is 10.7 Å². The van der Waals surface area contributed by atoms with E-state index < -0.39 is 0 Å². The number of rotatable bonds is 6. The molecule has 1 aromatic carbocycles. The minimum absolute atomic E-state index is 0.269. The highest BCUT2D eigenvalue weighted by atomic mass is 35.5. The van der Waals surface area contributed by atoms with Crippen molar-refractivity contribution in [3.63, 3.8) is 0 Å². The number of guanidine groups is 1. The summed E-state index contributed by atoms with van der Waals surface area (Å²) in [5.41, 5.74) is 1.72. The van der Waals surface area contributed by atoms with Gasteiger partial charge in [0.1, 0.15) is 5.82 Å². The van der Waals surface area contributed by atoms with Gasteiger partial charge in [-0.3, -0.25) is 4.99 Å². The molecule has 2 rings (SSSR count). The fourth-order valence-electron chi connectivity index (χ4n) is 2.49. The number of aromatic nitrogens is 1. The van der Waals surface area contributed by atoms with E-state index in [4.69, 9.17) is 11.6 Å². The van der Waals surface area contributed by atoms with Crippen LogP contribution in [0.2, 0.25) is 5.02 Å². The Balaban J connectivity index is 1.88. The number of benzene rings is 1. The first-order valence-electron chi connectivity index (χ1n) is 8.13. The van der Waals surface area contributed by atoms with E-state index in [0.717, 1.165) is 35.2 Å². The van der Waals surface area contributed by atoms with Crippen molar-refractivity contribution in [1.29, 1.82) is 0 Å². The van der Waals surface area contributed by atoms with Crippen LogP contribution in [0, 0.1) is 12.7 Å². The average molecular weight is 383 g/mol. The van der Waals surface area contributed by atoms with Crippen LogP contribution in [0.15, 0.2) is 28.6 Å². The number of nitrogens with one attached hydrogen (secondary N) is 2. The Labute approximate surface area is 157 Å². The highest BCUT2D eigenvalue weighted by Gasteiger charge is 2.24. The van der Waals surface area contributed by atoms with Gasteiger partial charge in [0, 0.05) is 42.4 Å². The molecule has 25 heavy (non-hydrogen) atoms. The largest absolute Gasteiger partial charge is 0.356 e. The van der Waals surface area contributed by atoms with Crippen molar-refractivity contribution >= 4 is 28.9 Å². The van der Waals surface area contributed by atoms with Gasteiger partial charge in [-0.25, -0.2) is 9.37 Å². The number of halogens is 2. The van der Waals surface area contributed by atoms with E-state index in [-0.39, 0.29) is 11.2 Å². The van der Waals surface area contributed by atoms with Gasteiger partial charge < -0.3 is 10.6 Å². The van der Waals surface area contributed by atoms with E-state index in [1.54, 1.807) is 24.5 Å². The number of aliphatic imine (C=N–C) groups is 1. The molecule has 4 nitrogen and oxygen atoms in total. The molecular weight excluding hydrogens is 359 g/mol. The topological polar surface area (TPSA) is 49.3 Å². The number of aryl methyl sites for hydroxylation is 1. The highest BCUT2D eigenvalue weighted by Crippen LogP contribution is 2.29. The molecule has 2 aromatic rings. The molecule has 0 fully saturated rings. The maximum Gasteiger partial charge on any atom is 0.191 e. The van der Waals surface area contributed by atoms with Crippen molar-refractivity contribution in [3.8, 4) is 0 Å². The summed E-state index contributed by atoms with van der Waals surface area (Å²) >= 11 is 7.86. The molecule has 0 unspecified atom stereocenters. The van der Waals surface area contributed by atoms with Gasteiger partial charge in [0.25, 0.3) is 0 Å². The monoisotopic (exact) mass is 382 g/mol. The lowest BCUT2D eigenvalue weighted by Crippen LogP contribution is -2.44. The van der Waals surface area contributed by atoms with Gasteiger partial charge in [0.2, 0.25) is 0 Å². The Morgan fingerprint density at radius 1 is 1.36 bits per heavy atom. The molecule has 136 valence electrons. The summed E-state index contributed by atoms with van der Waals surface area (Å²) in [6, 6.07) is 4.52. The normalized spacial score (nSPS) is 12.3. The van der Waals surface area contributed by atoms with Crippen LogP contribution in [0.25, 0.3) is 0 Å². The SMILES string of the molecule is CN=C(NCCc1csc(C)n1)NCC(C)(C)c1ccc(F)cc1Cl. The second kappa shape index (κ2) is 8.63. The Morgan fingerprint density at radius 2 is 2.12 bits per heavy atom. The summed E-state index contributed by atoms with van der Waals surface area (Å²) in [5, 5.41) is 10.2. The van der Waals surface area contributed by atoms with Crippen molar-refractivity contribution in [2.24, 2.45) is 4.99 Å². The first-order chi connectivity index (χ1) is 11.8. The second-order valence-electron chi connectivity index (χ2n) is 6.47. The summed E-state index contributed by atoms with van der Waals surface area (Å²) in [4.78, 5) is 8.69. The highest BCUT2D eigenvalue weighted by molar-refractivity contribution is 7.09. The number of thiazole rings is 1. The molecule has 2 N–H and O–H groups in total. The molecule has 0 aliphatic carbocycles. The zero-order chi connectivity index (χ0) is 18.4. The third kappa shape index (κ3) is 5.68. The van der Waals surface area contributed by atoms with Crippen LogP contribution in [-0.2, 0) is 11.8 Å². The second-order valence-corrected chi connectivity index (χ2v) is 7.94. The van der Waals surface area contributed by atoms with Gasteiger partial charge in [0.15, 0.2) is 5.96 Å². The summed E-state index contributed by atoms with van der Waals surface area (Å²) < 4.78 is 13.3. The fourth-order valence-corrected chi connectivity index (χ4v) is 3.56. The Morgan fingerprint density at radius 3 is 2.72 bits per heavy atom. The first kappa shape index (κ1) is 19.7. The first-order valence-corrected chi connectivity index (χ1v) is 9.38. The lowest BCUT2D eigenvalue weighted by Gasteiger charge is -2.27. The minimum Gasteiger partial charge on any atom is -0.356 e. The van der Waals surface area contributed by atoms with Crippen LogP contribution >= 0.6 is 22.9 Å². The van der Waals surface area contributed by atoms with Crippen molar-refractivity contribution in [2.75, 3.05) is 20.1 Å². The van der Waals surface area contributed by atoms with E-state index in [1.165, 1.54) is 12.1 Å². The third-order valence-electron chi connectivity index (χ3n) is 3.92. The van der Waals surface area contributed by atoms with E-state index in [1.807, 2.05) is 6.92 Å². The molecule has 7 heteroatoms. The predicted octanol–water partition coefficient (Wildman–Crippen LogP) is 3.93. The molecule has 0 aliphatic heterocycles. The molecule has 0 aliphatic rings. The Hall–Kier alpha value is -1.66. The summed E-state index contributed by atoms with van der Waals surface area (Å²) in [6.07, 6.45) is 0.845. The van der Waals surface area contributed by atoms with Gasteiger partial charge in [-0.2, -0.15) is 0 Å². The average Bonchev–Trinajstić information content (AvgIpc) is 2.95. The summed E-state index contributed by atoms with van der Waals surface area (Å²) in [5.74, 6) is 0.394. The smallest absolute Gasteiger partial charge is 0.191 e. The molecule has 1 aromatic heterocycles. The maximum absolute atomic E-state index is 13.3. The molecule has 0 saturated heterocycles. The van der Waals surface area contributed by atoms with Crippen LogP contribution in [0.4, 0.5) is 4.39 Å². The molecule has 0 amide bonds. The minimum atomic E-state index is -0.327. The van der Waals surface area contributed by atoms with Crippen LogP contribution in [-0.4, -0.2) is 31.1 Å². The van der Waals surface area contributed by atoms with Crippen LogP contribution in [0.3, 0.4) is 0 Å². The van der Waals surface area contributed by atoms with E-state index in [9.17, 15) is 4.39 Å². The van der Waals surface area contributed by atoms with Gasteiger partial charge >= 0.3 is 0 Å². The predicted molar refractivity (Wildman–Crippen MR) is 104 cm³/mol. The van der Waals surface area contributed by atoms with E-state index in [2.05, 4.69) is 39.8 Å². The molecule has 0 bridgehead atoms. The van der Waals surface area contributed by atoms with Gasteiger partial charge in [-0.1, -0.05) is 31.5 Å². The third-order valence-corrected chi connectivity index (χ3v) is 5.06. The number of hydrogen-bond donors (Lipinski definition) is 2. The van der Waals surface area contributed by atoms with E-state index >= 15 is 0 Å². The molecule has 0 saturated carbocycles. The summed E-state index contributed by atoms with van der Waals surface area (Å²) in [7, 11) is 1.74. The molecule has 0 radical (unpaired) electrons. The van der Waals surface area contributed by atoms with Crippen molar-refractivity contribution in [3.05, 3.63) is 50.7 Å². The van der Waals surface area contributed by atoms with Crippen molar-refractivity contribution in [1.82, 2.24) is 15.6 Å². The van der Waals surface area contributed by atoms with Crippen LogP contribution in [0.1, 0.15) is 30.1 Å². The van der Waals surface area contributed by atoms with Gasteiger partial charge in [-0.15, -0.1) is 11.3 Å². The van der Waals surface area contributed by atoms with Crippen molar-refractivity contribution in [2.45, 2.75) is 32.6 Å². The molecule has 1 heterocycles. The standard InChI is InChI=1S/C18H24ClFN4S/c1-12-24-14(10-25-12)7-8-22-17(21-4)23-11-18(2,3)15-6-5-13(20)9-16(15)19/h5-6,9-10H,7-8,11H2,1-4H3,(H2,21,22,23). The van der Waals surface area contributed by atoms with Crippen LogP contribution < -0.4 is 10.6 Å². The zero-order valence-corrected chi connectivity index (χ0v) is 16.6. The van der Waals surface area contributed by atoms with Crippen molar-refractivity contribution < 1.29 is 4.39 Å². The Kier molecular flexibility index (Phi) is 6.79. The van der Waals surface area contributed by atoms with E-state index in [0.29, 0.717) is 11.6 Å². The zero-order valence-electron chi connectivity index (χ0n) is 15.0.